The molecular formula is C19H33Cl2N3O3. The monoisotopic (exact) mass is 421 g/mol. The summed E-state index contributed by atoms with van der Waals surface area (Å²) in [7, 11) is 1.67. The molecule has 1 saturated heterocycles. The van der Waals surface area contributed by atoms with Crippen LogP contribution < -0.4 is 15.4 Å². The molecule has 0 saturated carbocycles. The average molecular weight is 422 g/mol. The molecule has 0 aliphatic carbocycles. The molecule has 156 valence electrons. The number of nitrogens with one attached hydrogen (secondary N) is 2. The van der Waals surface area contributed by atoms with Crippen LogP contribution >= 0.6 is 24.8 Å². The standard InChI is InChI=1S/C19H31N3O3.2ClH/c1-4-22(5-2)18(15-7-6-8-17(11-15)24-3)13-21-19(23)12-16-14-25-10-9-20-16;;/h6-8,11,16,18,20H,4-5,9-10,12-14H2,1-3H3,(H,21,23);2*1H. The van der Waals surface area contributed by atoms with Crippen molar-refractivity contribution >= 4 is 30.7 Å². The molecule has 1 aliphatic heterocycles. The van der Waals surface area contributed by atoms with Crippen LogP contribution in [-0.2, 0) is 9.53 Å². The summed E-state index contributed by atoms with van der Waals surface area (Å²) in [5.41, 5.74) is 1.16. The zero-order chi connectivity index (χ0) is 18.1. The Morgan fingerprint density at radius 2 is 2.11 bits per heavy atom. The lowest BCUT2D eigenvalue weighted by Gasteiger charge is -2.31. The van der Waals surface area contributed by atoms with Crippen molar-refractivity contribution < 1.29 is 14.3 Å². The van der Waals surface area contributed by atoms with E-state index in [-0.39, 0.29) is 42.8 Å². The molecule has 0 bridgehead atoms. The van der Waals surface area contributed by atoms with E-state index in [1.54, 1.807) is 7.11 Å². The Morgan fingerprint density at radius 1 is 1.37 bits per heavy atom. The Kier molecular flexibility index (Phi) is 13.5. The van der Waals surface area contributed by atoms with E-state index in [0.29, 0.717) is 19.6 Å². The van der Waals surface area contributed by atoms with Gasteiger partial charge >= 0.3 is 0 Å². The lowest BCUT2D eigenvalue weighted by molar-refractivity contribution is -0.122. The van der Waals surface area contributed by atoms with E-state index in [0.717, 1.165) is 37.6 Å². The molecule has 8 heteroatoms. The van der Waals surface area contributed by atoms with E-state index in [1.165, 1.54) is 0 Å². The van der Waals surface area contributed by atoms with Gasteiger partial charge in [0.2, 0.25) is 5.91 Å². The molecule has 0 radical (unpaired) electrons. The number of methoxy groups -OCH3 is 1. The molecule has 0 aromatic heterocycles. The smallest absolute Gasteiger partial charge is 0.221 e. The first-order chi connectivity index (χ1) is 12.2. The number of carbonyl (C=O) groups is 1. The maximum absolute atomic E-state index is 12.3. The summed E-state index contributed by atoms with van der Waals surface area (Å²) in [6.07, 6.45) is 0.448. The Bertz CT molecular complexity index is 539. The van der Waals surface area contributed by atoms with Gasteiger partial charge in [-0.15, -0.1) is 24.8 Å². The first-order valence-electron chi connectivity index (χ1n) is 9.13. The van der Waals surface area contributed by atoms with Crippen LogP contribution in [0.1, 0.15) is 31.9 Å². The van der Waals surface area contributed by atoms with Gasteiger partial charge < -0.3 is 20.1 Å². The third kappa shape index (κ3) is 8.23. The minimum Gasteiger partial charge on any atom is -0.497 e. The molecule has 2 N–H and O–H groups in total. The van der Waals surface area contributed by atoms with Crippen molar-refractivity contribution in [1.82, 2.24) is 15.5 Å². The molecule has 2 atom stereocenters. The minimum atomic E-state index is 0. The van der Waals surface area contributed by atoms with Crippen LogP contribution in [0.2, 0.25) is 0 Å². The Balaban J connectivity index is 0.00000338. The van der Waals surface area contributed by atoms with Crippen LogP contribution in [0.4, 0.5) is 0 Å². The molecule has 0 spiro atoms. The number of likely N-dealkylation sites (N-methyl/N-ethyl adjacent to an activating group) is 1. The molecule has 1 aliphatic rings. The fourth-order valence-electron chi connectivity index (χ4n) is 3.23. The Morgan fingerprint density at radius 3 is 2.70 bits per heavy atom. The lowest BCUT2D eigenvalue weighted by Crippen LogP contribution is -2.45. The number of benzene rings is 1. The van der Waals surface area contributed by atoms with Gasteiger partial charge in [0, 0.05) is 25.6 Å². The number of ether oxygens (including phenoxy) is 2. The van der Waals surface area contributed by atoms with E-state index in [1.807, 2.05) is 18.2 Å². The summed E-state index contributed by atoms with van der Waals surface area (Å²) in [5, 5.41) is 6.41. The molecule has 1 amide bonds. The number of halogens is 2. The molecular weight excluding hydrogens is 389 g/mol. The van der Waals surface area contributed by atoms with Crippen LogP contribution in [0.15, 0.2) is 24.3 Å². The number of hydrogen-bond donors (Lipinski definition) is 2. The number of morpholine rings is 1. The van der Waals surface area contributed by atoms with Crippen molar-refractivity contribution in [1.29, 1.82) is 0 Å². The Hall–Kier alpha value is -1.05. The van der Waals surface area contributed by atoms with Crippen molar-refractivity contribution in [3.05, 3.63) is 29.8 Å². The van der Waals surface area contributed by atoms with Crippen LogP contribution in [-0.4, -0.2) is 63.4 Å². The molecule has 27 heavy (non-hydrogen) atoms. The highest BCUT2D eigenvalue weighted by Gasteiger charge is 2.21. The second-order valence-corrected chi connectivity index (χ2v) is 6.25. The van der Waals surface area contributed by atoms with Crippen LogP contribution in [0.5, 0.6) is 5.75 Å². The molecule has 1 fully saturated rings. The predicted octanol–water partition coefficient (Wildman–Crippen LogP) is 2.42. The van der Waals surface area contributed by atoms with Crippen LogP contribution in [0, 0.1) is 0 Å². The predicted molar refractivity (Wildman–Crippen MR) is 113 cm³/mol. The van der Waals surface area contributed by atoms with Gasteiger partial charge in [0.15, 0.2) is 0 Å². The molecule has 2 unspecified atom stereocenters. The van der Waals surface area contributed by atoms with Gasteiger partial charge in [-0.05, 0) is 30.8 Å². The first-order valence-corrected chi connectivity index (χ1v) is 9.13. The fraction of sp³-hybridized carbons (Fsp3) is 0.632. The minimum absolute atomic E-state index is 0. The normalized spacial score (nSPS) is 17.4. The molecule has 1 aromatic carbocycles. The quantitative estimate of drug-likeness (QED) is 0.640. The molecule has 6 nitrogen and oxygen atoms in total. The van der Waals surface area contributed by atoms with Crippen LogP contribution in [0.3, 0.4) is 0 Å². The highest BCUT2D eigenvalue weighted by molar-refractivity contribution is 5.85. The molecule has 1 heterocycles. The van der Waals surface area contributed by atoms with E-state index < -0.39 is 0 Å². The first kappa shape index (κ1) is 26.0. The summed E-state index contributed by atoms with van der Waals surface area (Å²) >= 11 is 0. The largest absolute Gasteiger partial charge is 0.497 e. The topological polar surface area (TPSA) is 62.8 Å². The van der Waals surface area contributed by atoms with Crippen molar-refractivity contribution in [3.63, 3.8) is 0 Å². The summed E-state index contributed by atoms with van der Waals surface area (Å²) in [6, 6.07) is 8.31. The van der Waals surface area contributed by atoms with Gasteiger partial charge in [-0.25, -0.2) is 0 Å². The summed E-state index contributed by atoms with van der Waals surface area (Å²) < 4.78 is 10.8. The van der Waals surface area contributed by atoms with Gasteiger partial charge in [-0.2, -0.15) is 0 Å². The maximum Gasteiger partial charge on any atom is 0.221 e. The van der Waals surface area contributed by atoms with Crippen LogP contribution in [0.25, 0.3) is 0 Å². The number of hydrogen-bond acceptors (Lipinski definition) is 5. The highest BCUT2D eigenvalue weighted by Crippen LogP contribution is 2.23. The zero-order valence-corrected chi connectivity index (χ0v) is 18.0. The van der Waals surface area contributed by atoms with Crippen molar-refractivity contribution in [2.24, 2.45) is 0 Å². The van der Waals surface area contributed by atoms with E-state index in [9.17, 15) is 4.79 Å². The van der Waals surface area contributed by atoms with E-state index >= 15 is 0 Å². The maximum atomic E-state index is 12.3. The van der Waals surface area contributed by atoms with Crippen molar-refractivity contribution in [2.45, 2.75) is 32.4 Å². The van der Waals surface area contributed by atoms with Crippen molar-refractivity contribution in [3.8, 4) is 5.75 Å². The average Bonchev–Trinajstić information content (AvgIpc) is 2.66. The molecule has 2 rings (SSSR count). The number of amides is 1. The third-order valence-corrected chi connectivity index (χ3v) is 4.65. The highest BCUT2D eigenvalue weighted by atomic mass is 35.5. The molecule has 1 aromatic rings. The fourth-order valence-corrected chi connectivity index (χ4v) is 3.23. The number of carbonyl (C=O) groups excluding carboxylic acids is 1. The van der Waals surface area contributed by atoms with Crippen molar-refractivity contribution in [2.75, 3.05) is 46.5 Å². The summed E-state index contributed by atoms with van der Waals surface area (Å²) in [4.78, 5) is 14.7. The van der Waals surface area contributed by atoms with Gasteiger partial charge in [0.1, 0.15) is 5.75 Å². The van der Waals surface area contributed by atoms with Gasteiger partial charge in [0.05, 0.1) is 26.4 Å². The third-order valence-electron chi connectivity index (χ3n) is 4.65. The zero-order valence-electron chi connectivity index (χ0n) is 16.4. The number of rotatable bonds is 9. The lowest BCUT2D eigenvalue weighted by atomic mass is 10.0. The van der Waals surface area contributed by atoms with E-state index in [2.05, 4.69) is 35.4 Å². The summed E-state index contributed by atoms with van der Waals surface area (Å²) in [5.74, 6) is 0.896. The SMILES string of the molecule is CCN(CC)C(CNC(=O)CC1COCCN1)c1cccc(OC)c1.Cl.Cl. The second kappa shape index (κ2) is 14.0. The second-order valence-electron chi connectivity index (χ2n) is 6.25. The van der Waals surface area contributed by atoms with Gasteiger partial charge in [-0.3, -0.25) is 9.69 Å². The Labute approximate surface area is 175 Å². The van der Waals surface area contributed by atoms with Gasteiger partial charge in [0.25, 0.3) is 0 Å². The van der Waals surface area contributed by atoms with Gasteiger partial charge in [-0.1, -0.05) is 26.0 Å². The number of nitrogens with zero attached hydrogens (tertiary/aromatic N) is 1. The van der Waals surface area contributed by atoms with E-state index in [4.69, 9.17) is 9.47 Å². The summed E-state index contributed by atoms with van der Waals surface area (Å²) in [6.45, 7) is 8.84.